The maximum Gasteiger partial charge on any atom is 0.242 e. The number of aliphatic hydroxyl groups is 1. The highest BCUT2D eigenvalue weighted by Gasteiger charge is 2.28. The van der Waals surface area contributed by atoms with Crippen LogP contribution in [0.2, 0.25) is 0 Å². The maximum atomic E-state index is 13.1. The highest BCUT2D eigenvalue weighted by molar-refractivity contribution is 7.88. The van der Waals surface area contributed by atoms with E-state index in [1.54, 1.807) is 0 Å². The first-order valence-corrected chi connectivity index (χ1v) is 9.75. The van der Waals surface area contributed by atoms with Gasteiger partial charge in [-0.1, -0.05) is 12.1 Å². The average molecular weight is 389 g/mol. The van der Waals surface area contributed by atoms with Gasteiger partial charge in [-0.25, -0.2) is 12.8 Å². The quantitative estimate of drug-likeness (QED) is 0.595. The molecule has 2 amide bonds. The van der Waals surface area contributed by atoms with E-state index in [0.717, 1.165) is 10.6 Å². The van der Waals surface area contributed by atoms with Gasteiger partial charge in [0.05, 0.1) is 19.4 Å². The van der Waals surface area contributed by atoms with Crippen LogP contribution in [-0.4, -0.2) is 73.6 Å². The third-order valence-corrected chi connectivity index (χ3v) is 5.03. The fourth-order valence-electron chi connectivity index (χ4n) is 2.09. The van der Waals surface area contributed by atoms with Gasteiger partial charge in [0.2, 0.25) is 21.8 Å². The second kappa shape index (κ2) is 9.60. The number of sulfonamides is 1. The molecule has 0 bridgehead atoms. The molecule has 0 unspecified atom stereocenters. The van der Waals surface area contributed by atoms with E-state index in [9.17, 15) is 22.4 Å². The van der Waals surface area contributed by atoms with E-state index in [0.29, 0.717) is 5.56 Å². The smallest absolute Gasteiger partial charge is 0.242 e. The standard InChI is InChI=1S/C16H24FN3O5S/c1-12(16(23)18-8-9-21)20(10-13-4-6-14(17)7-5-13)15(22)11-19(2)26(3,24)25/h4-7,12,21H,8-11H2,1-3H3,(H,18,23)/t12-/m1/s1. The van der Waals surface area contributed by atoms with Gasteiger partial charge in [0.25, 0.3) is 0 Å². The minimum absolute atomic E-state index is 0.00439. The Kier molecular flexibility index (Phi) is 8.12. The molecule has 0 radical (unpaired) electrons. The van der Waals surface area contributed by atoms with Crippen molar-refractivity contribution in [2.45, 2.75) is 19.5 Å². The number of rotatable bonds is 9. The summed E-state index contributed by atoms with van der Waals surface area (Å²) in [6.07, 6.45) is 0.974. The van der Waals surface area contributed by atoms with Crippen LogP contribution >= 0.6 is 0 Å². The lowest BCUT2D eigenvalue weighted by Gasteiger charge is -2.30. The van der Waals surface area contributed by atoms with E-state index in [1.807, 2.05) is 0 Å². The molecule has 1 aromatic rings. The van der Waals surface area contributed by atoms with Gasteiger partial charge in [-0.3, -0.25) is 9.59 Å². The molecule has 0 saturated heterocycles. The van der Waals surface area contributed by atoms with Crippen molar-refractivity contribution >= 4 is 21.8 Å². The zero-order valence-corrected chi connectivity index (χ0v) is 15.8. The summed E-state index contributed by atoms with van der Waals surface area (Å²) in [6, 6.07) is 4.52. The fourth-order valence-corrected chi connectivity index (χ4v) is 2.44. The topological polar surface area (TPSA) is 107 Å². The van der Waals surface area contributed by atoms with Crippen LogP contribution in [0.3, 0.4) is 0 Å². The Labute approximate surface area is 152 Å². The molecule has 1 rings (SSSR count). The Bertz CT molecular complexity index is 724. The third kappa shape index (κ3) is 6.70. The number of benzene rings is 1. The molecule has 0 aromatic heterocycles. The van der Waals surface area contributed by atoms with Gasteiger partial charge in [-0.15, -0.1) is 0 Å². The van der Waals surface area contributed by atoms with E-state index in [4.69, 9.17) is 5.11 Å². The predicted octanol–water partition coefficient (Wildman–Crippen LogP) is -0.457. The Hall–Kier alpha value is -2.04. The highest BCUT2D eigenvalue weighted by atomic mass is 32.2. The lowest BCUT2D eigenvalue weighted by atomic mass is 10.1. The summed E-state index contributed by atoms with van der Waals surface area (Å²) >= 11 is 0. The largest absolute Gasteiger partial charge is 0.395 e. The van der Waals surface area contributed by atoms with E-state index in [-0.39, 0.29) is 19.7 Å². The fraction of sp³-hybridized carbons (Fsp3) is 0.500. The van der Waals surface area contributed by atoms with Crippen molar-refractivity contribution in [3.63, 3.8) is 0 Å². The van der Waals surface area contributed by atoms with Gasteiger partial charge in [0, 0.05) is 20.1 Å². The van der Waals surface area contributed by atoms with E-state index in [2.05, 4.69) is 5.32 Å². The van der Waals surface area contributed by atoms with Crippen molar-refractivity contribution in [3.05, 3.63) is 35.6 Å². The molecule has 0 saturated carbocycles. The lowest BCUT2D eigenvalue weighted by molar-refractivity contribution is -0.140. The lowest BCUT2D eigenvalue weighted by Crippen LogP contribution is -2.50. The number of halogens is 1. The number of aliphatic hydroxyl groups excluding tert-OH is 1. The molecule has 26 heavy (non-hydrogen) atoms. The number of amides is 2. The van der Waals surface area contributed by atoms with E-state index in [1.165, 1.54) is 43.1 Å². The Morgan fingerprint density at radius 1 is 1.27 bits per heavy atom. The van der Waals surface area contributed by atoms with Crippen LogP contribution in [0, 0.1) is 5.82 Å². The first-order valence-electron chi connectivity index (χ1n) is 7.90. The zero-order valence-electron chi connectivity index (χ0n) is 15.0. The molecular formula is C16H24FN3O5S. The van der Waals surface area contributed by atoms with Gasteiger partial charge in [-0.05, 0) is 24.6 Å². The highest BCUT2D eigenvalue weighted by Crippen LogP contribution is 2.11. The number of carbonyl (C=O) groups is 2. The van der Waals surface area contributed by atoms with Crippen LogP contribution in [0.15, 0.2) is 24.3 Å². The van der Waals surface area contributed by atoms with E-state index < -0.39 is 40.2 Å². The number of likely N-dealkylation sites (N-methyl/N-ethyl adjacent to an activating group) is 1. The van der Waals surface area contributed by atoms with Gasteiger partial charge in [-0.2, -0.15) is 4.31 Å². The van der Waals surface area contributed by atoms with Crippen molar-refractivity contribution in [1.82, 2.24) is 14.5 Å². The summed E-state index contributed by atoms with van der Waals surface area (Å²) in [5.74, 6) is -1.50. The van der Waals surface area contributed by atoms with E-state index >= 15 is 0 Å². The van der Waals surface area contributed by atoms with Gasteiger partial charge in [0.15, 0.2) is 0 Å². The number of nitrogens with one attached hydrogen (secondary N) is 1. The van der Waals surface area contributed by atoms with Crippen LogP contribution in [0.25, 0.3) is 0 Å². The SMILES string of the molecule is C[C@H](C(=O)NCCO)N(Cc1ccc(F)cc1)C(=O)CN(C)S(C)(=O)=O. The molecule has 1 aromatic carbocycles. The number of hydrogen-bond donors (Lipinski definition) is 2. The minimum atomic E-state index is -3.57. The van der Waals surface area contributed by atoms with Crippen LogP contribution in [0.4, 0.5) is 4.39 Å². The second-order valence-corrected chi connectivity index (χ2v) is 7.95. The number of nitrogens with zero attached hydrogens (tertiary/aromatic N) is 2. The predicted molar refractivity (Wildman–Crippen MR) is 94.0 cm³/mol. The summed E-state index contributed by atoms with van der Waals surface area (Å²) in [5, 5.41) is 11.3. The van der Waals surface area contributed by atoms with Crippen molar-refractivity contribution in [1.29, 1.82) is 0 Å². The molecule has 2 N–H and O–H groups in total. The Morgan fingerprint density at radius 3 is 2.35 bits per heavy atom. The number of carbonyl (C=O) groups excluding carboxylic acids is 2. The maximum absolute atomic E-state index is 13.1. The van der Waals surface area contributed by atoms with Crippen LogP contribution in [0.1, 0.15) is 12.5 Å². The molecule has 0 aliphatic rings. The molecule has 0 fully saturated rings. The van der Waals surface area contributed by atoms with Crippen molar-refractivity contribution in [2.75, 3.05) is 33.0 Å². The second-order valence-electron chi connectivity index (χ2n) is 5.86. The van der Waals surface area contributed by atoms with Crippen molar-refractivity contribution in [3.8, 4) is 0 Å². The summed E-state index contributed by atoms with van der Waals surface area (Å²) in [6.45, 7) is 0.850. The van der Waals surface area contributed by atoms with Gasteiger partial charge < -0.3 is 15.3 Å². The monoisotopic (exact) mass is 389 g/mol. The molecule has 8 nitrogen and oxygen atoms in total. The summed E-state index contributed by atoms with van der Waals surface area (Å²) in [7, 11) is -2.30. The summed E-state index contributed by atoms with van der Waals surface area (Å²) in [5.41, 5.74) is 0.587. The minimum Gasteiger partial charge on any atom is -0.395 e. The molecule has 0 aliphatic heterocycles. The van der Waals surface area contributed by atoms with Crippen LogP contribution in [-0.2, 0) is 26.2 Å². The van der Waals surface area contributed by atoms with Crippen LogP contribution in [0.5, 0.6) is 0 Å². The molecule has 146 valence electrons. The first kappa shape index (κ1) is 22.0. The third-order valence-electron chi connectivity index (χ3n) is 3.77. The number of hydrogen-bond acceptors (Lipinski definition) is 5. The first-order chi connectivity index (χ1) is 12.1. The van der Waals surface area contributed by atoms with Crippen molar-refractivity contribution in [2.24, 2.45) is 0 Å². The average Bonchev–Trinajstić information content (AvgIpc) is 2.57. The normalized spacial score (nSPS) is 12.7. The molecule has 10 heteroatoms. The molecule has 0 spiro atoms. The van der Waals surface area contributed by atoms with Gasteiger partial charge >= 0.3 is 0 Å². The van der Waals surface area contributed by atoms with Gasteiger partial charge in [0.1, 0.15) is 11.9 Å². The molecule has 0 aliphatic carbocycles. The Morgan fingerprint density at radius 2 is 1.85 bits per heavy atom. The molecular weight excluding hydrogens is 365 g/mol. The van der Waals surface area contributed by atoms with Crippen LogP contribution < -0.4 is 5.32 Å². The summed E-state index contributed by atoms with van der Waals surface area (Å²) in [4.78, 5) is 26.0. The summed E-state index contributed by atoms with van der Waals surface area (Å²) < 4.78 is 37.0. The molecule has 1 atom stereocenters. The zero-order chi connectivity index (χ0) is 19.9. The molecule has 0 heterocycles. The van der Waals surface area contributed by atoms with Crippen molar-refractivity contribution < 1.29 is 27.5 Å². The Balaban J connectivity index is 3.01.